The molecule has 1 fully saturated rings. The molecule has 0 radical (unpaired) electrons. The standard InChI is InChI=1S/C17H19N7O3/c1-11-16(12(2)27-21-11)17(25)23-6-3-14(9-23)24-8-13(20-22-24)10-26-15-7-18-4-5-19-15/h4-5,7-8,14H,3,6,9-10H2,1-2H3. The third-order valence-corrected chi connectivity index (χ3v) is 4.54. The number of nitrogens with zero attached hydrogens (tertiary/aromatic N) is 7. The van der Waals surface area contributed by atoms with Crippen molar-refractivity contribution < 1.29 is 14.1 Å². The van der Waals surface area contributed by atoms with E-state index in [1.807, 2.05) is 6.20 Å². The molecule has 0 bridgehead atoms. The van der Waals surface area contributed by atoms with Crippen molar-refractivity contribution in [3.63, 3.8) is 0 Å². The average Bonchev–Trinajstić information content (AvgIpc) is 3.40. The summed E-state index contributed by atoms with van der Waals surface area (Å²) >= 11 is 0. The fourth-order valence-corrected chi connectivity index (χ4v) is 3.15. The number of hydrogen-bond donors (Lipinski definition) is 0. The van der Waals surface area contributed by atoms with Crippen LogP contribution in [0.4, 0.5) is 0 Å². The molecule has 140 valence electrons. The summed E-state index contributed by atoms with van der Waals surface area (Å²) in [5, 5.41) is 12.2. The Labute approximate surface area is 155 Å². The first-order valence-corrected chi connectivity index (χ1v) is 8.63. The van der Waals surface area contributed by atoms with E-state index in [1.54, 1.807) is 42.0 Å². The van der Waals surface area contributed by atoms with Crippen molar-refractivity contribution >= 4 is 5.91 Å². The molecule has 3 aromatic rings. The average molecular weight is 369 g/mol. The first-order valence-electron chi connectivity index (χ1n) is 8.63. The van der Waals surface area contributed by atoms with Gasteiger partial charge < -0.3 is 14.2 Å². The van der Waals surface area contributed by atoms with Gasteiger partial charge in [0.25, 0.3) is 5.91 Å². The Bertz CT molecular complexity index is 918. The van der Waals surface area contributed by atoms with Crippen LogP contribution in [0.15, 0.2) is 29.3 Å². The van der Waals surface area contributed by atoms with Gasteiger partial charge in [0, 0.05) is 25.5 Å². The predicted molar refractivity (Wildman–Crippen MR) is 91.9 cm³/mol. The third-order valence-electron chi connectivity index (χ3n) is 4.54. The molecule has 1 unspecified atom stereocenters. The van der Waals surface area contributed by atoms with Crippen molar-refractivity contribution in [1.29, 1.82) is 0 Å². The van der Waals surface area contributed by atoms with Crippen LogP contribution >= 0.6 is 0 Å². The smallest absolute Gasteiger partial charge is 0.259 e. The van der Waals surface area contributed by atoms with Gasteiger partial charge in [-0.15, -0.1) is 5.10 Å². The Kier molecular flexibility index (Phi) is 4.53. The quantitative estimate of drug-likeness (QED) is 0.662. The molecule has 0 spiro atoms. The van der Waals surface area contributed by atoms with Gasteiger partial charge in [0.05, 0.1) is 24.1 Å². The summed E-state index contributed by atoms with van der Waals surface area (Å²) < 4.78 is 12.4. The Morgan fingerprint density at radius 1 is 1.37 bits per heavy atom. The van der Waals surface area contributed by atoms with E-state index >= 15 is 0 Å². The monoisotopic (exact) mass is 369 g/mol. The second-order valence-corrected chi connectivity index (χ2v) is 6.42. The second-order valence-electron chi connectivity index (χ2n) is 6.42. The number of carbonyl (C=O) groups is 1. The molecule has 1 saturated heterocycles. The van der Waals surface area contributed by atoms with E-state index in [1.165, 1.54) is 0 Å². The number of likely N-dealkylation sites (tertiary alicyclic amines) is 1. The normalized spacial score (nSPS) is 16.7. The van der Waals surface area contributed by atoms with E-state index in [0.29, 0.717) is 41.7 Å². The van der Waals surface area contributed by atoms with Gasteiger partial charge in [0.2, 0.25) is 5.88 Å². The zero-order valence-electron chi connectivity index (χ0n) is 15.1. The van der Waals surface area contributed by atoms with Gasteiger partial charge in [-0.2, -0.15) is 0 Å². The van der Waals surface area contributed by atoms with Crippen molar-refractivity contribution in [3.8, 4) is 5.88 Å². The highest BCUT2D eigenvalue weighted by Gasteiger charge is 2.31. The summed E-state index contributed by atoms with van der Waals surface area (Å²) in [6.07, 6.45) is 7.33. The fraction of sp³-hybridized carbons (Fsp3) is 0.412. The van der Waals surface area contributed by atoms with Crippen molar-refractivity contribution in [2.75, 3.05) is 13.1 Å². The van der Waals surface area contributed by atoms with E-state index in [9.17, 15) is 4.79 Å². The van der Waals surface area contributed by atoms with Gasteiger partial charge in [-0.1, -0.05) is 10.4 Å². The molecule has 3 aromatic heterocycles. The molecule has 0 aromatic carbocycles. The highest BCUT2D eigenvalue weighted by atomic mass is 16.5. The minimum absolute atomic E-state index is 0.0555. The molecule has 4 heterocycles. The molecule has 1 atom stereocenters. The Balaban J connectivity index is 1.38. The minimum Gasteiger partial charge on any atom is -0.470 e. The summed E-state index contributed by atoms with van der Waals surface area (Å²) in [7, 11) is 0. The summed E-state index contributed by atoms with van der Waals surface area (Å²) in [6.45, 7) is 5.00. The van der Waals surface area contributed by atoms with Crippen molar-refractivity contribution in [3.05, 3.63) is 47.5 Å². The van der Waals surface area contributed by atoms with E-state index in [4.69, 9.17) is 9.26 Å². The van der Waals surface area contributed by atoms with Crippen LogP contribution in [0.25, 0.3) is 0 Å². The predicted octanol–water partition coefficient (Wildman–Crippen LogP) is 1.34. The largest absolute Gasteiger partial charge is 0.470 e. The number of carbonyl (C=O) groups excluding carboxylic acids is 1. The summed E-state index contributed by atoms with van der Waals surface area (Å²) in [6, 6.07) is 0.0761. The van der Waals surface area contributed by atoms with Crippen LogP contribution < -0.4 is 4.74 Å². The fourth-order valence-electron chi connectivity index (χ4n) is 3.15. The van der Waals surface area contributed by atoms with E-state index in [2.05, 4.69) is 25.4 Å². The van der Waals surface area contributed by atoms with Gasteiger partial charge in [-0.25, -0.2) is 9.67 Å². The second kappa shape index (κ2) is 7.14. The Morgan fingerprint density at radius 3 is 3.00 bits per heavy atom. The zero-order chi connectivity index (χ0) is 18.8. The van der Waals surface area contributed by atoms with Gasteiger partial charge in [-0.05, 0) is 20.3 Å². The van der Waals surface area contributed by atoms with Crippen LogP contribution in [-0.4, -0.2) is 54.0 Å². The molecule has 10 nitrogen and oxygen atoms in total. The van der Waals surface area contributed by atoms with Gasteiger partial charge in [0.15, 0.2) is 0 Å². The van der Waals surface area contributed by atoms with E-state index in [-0.39, 0.29) is 18.6 Å². The summed E-state index contributed by atoms with van der Waals surface area (Å²) in [4.78, 5) is 22.5. The zero-order valence-corrected chi connectivity index (χ0v) is 15.1. The van der Waals surface area contributed by atoms with Crippen LogP contribution in [-0.2, 0) is 6.61 Å². The van der Waals surface area contributed by atoms with Gasteiger partial charge >= 0.3 is 0 Å². The Hall–Kier alpha value is -3.30. The first-order chi connectivity index (χ1) is 13.1. The van der Waals surface area contributed by atoms with Crippen LogP contribution in [0.1, 0.15) is 40.0 Å². The molecule has 0 aliphatic carbocycles. The van der Waals surface area contributed by atoms with E-state index < -0.39 is 0 Å². The van der Waals surface area contributed by atoms with Crippen molar-refractivity contribution in [2.45, 2.75) is 32.9 Å². The molecule has 1 aliphatic rings. The van der Waals surface area contributed by atoms with Crippen molar-refractivity contribution in [2.24, 2.45) is 0 Å². The summed E-state index contributed by atoms with van der Waals surface area (Å²) in [5.41, 5.74) is 1.86. The molecule has 27 heavy (non-hydrogen) atoms. The lowest BCUT2D eigenvalue weighted by molar-refractivity contribution is 0.0784. The minimum atomic E-state index is -0.0555. The Morgan fingerprint density at radius 2 is 2.26 bits per heavy atom. The first kappa shape index (κ1) is 17.1. The van der Waals surface area contributed by atoms with Crippen LogP contribution in [0.2, 0.25) is 0 Å². The topological polar surface area (TPSA) is 112 Å². The van der Waals surface area contributed by atoms with E-state index in [0.717, 1.165) is 6.42 Å². The molecular weight excluding hydrogens is 350 g/mol. The SMILES string of the molecule is Cc1noc(C)c1C(=O)N1CCC(n2cc(COc3cnccn3)nn2)C1. The number of aryl methyl sites for hydroxylation is 2. The molecule has 1 amide bonds. The molecule has 0 N–H and O–H groups in total. The molecule has 10 heteroatoms. The van der Waals surface area contributed by atoms with Crippen molar-refractivity contribution in [1.82, 2.24) is 35.0 Å². The van der Waals surface area contributed by atoms with Crippen LogP contribution in [0.5, 0.6) is 5.88 Å². The molecule has 4 rings (SSSR count). The number of ether oxygens (including phenoxy) is 1. The molecular formula is C17H19N7O3. The third kappa shape index (κ3) is 3.50. The maximum absolute atomic E-state index is 12.7. The van der Waals surface area contributed by atoms with Gasteiger partial charge in [0.1, 0.15) is 23.6 Å². The van der Waals surface area contributed by atoms with Gasteiger partial charge in [-0.3, -0.25) is 9.78 Å². The maximum Gasteiger partial charge on any atom is 0.259 e. The number of amides is 1. The number of aromatic nitrogens is 6. The number of hydrogen-bond acceptors (Lipinski definition) is 8. The summed E-state index contributed by atoms with van der Waals surface area (Å²) in [5.74, 6) is 0.925. The lowest BCUT2D eigenvalue weighted by Crippen LogP contribution is -2.30. The molecule has 0 saturated carbocycles. The lowest BCUT2D eigenvalue weighted by atomic mass is 10.2. The van der Waals surface area contributed by atoms with Crippen LogP contribution in [0, 0.1) is 13.8 Å². The maximum atomic E-state index is 12.7. The van der Waals surface area contributed by atoms with Crippen LogP contribution in [0.3, 0.4) is 0 Å². The molecule has 1 aliphatic heterocycles. The highest BCUT2D eigenvalue weighted by Crippen LogP contribution is 2.24. The lowest BCUT2D eigenvalue weighted by Gasteiger charge is -2.16. The number of rotatable bonds is 5. The highest BCUT2D eigenvalue weighted by molar-refractivity contribution is 5.96.